The van der Waals surface area contributed by atoms with Crippen LogP contribution in [0.3, 0.4) is 0 Å². The number of amides is 1. The van der Waals surface area contributed by atoms with E-state index < -0.39 is 30.6 Å². The molecule has 0 aliphatic carbocycles. The number of carbonyl (C=O) groups is 2. The van der Waals surface area contributed by atoms with Gasteiger partial charge in [0.25, 0.3) is 0 Å². The predicted octanol–water partition coefficient (Wildman–Crippen LogP) is 1.52. The van der Waals surface area contributed by atoms with Crippen LogP contribution in [0.2, 0.25) is 0 Å². The summed E-state index contributed by atoms with van der Waals surface area (Å²) in [6.45, 7) is 4.17. The number of ether oxygens (including phenoxy) is 1. The van der Waals surface area contributed by atoms with Crippen LogP contribution in [0.5, 0.6) is 0 Å². The Morgan fingerprint density at radius 1 is 1.53 bits per heavy atom. The van der Waals surface area contributed by atoms with Gasteiger partial charge in [-0.05, 0) is 13.3 Å². The van der Waals surface area contributed by atoms with Crippen molar-refractivity contribution in [2.45, 2.75) is 25.6 Å². The van der Waals surface area contributed by atoms with Gasteiger partial charge in [-0.2, -0.15) is 13.2 Å². The third-order valence-electron chi connectivity index (χ3n) is 2.09. The van der Waals surface area contributed by atoms with Crippen molar-refractivity contribution < 1.29 is 27.5 Å². The lowest BCUT2D eigenvalue weighted by atomic mass is 10.1. The summed E-state index contributed by atoms with van der Waals surface area (Å²) in [6.07, 6.45) is 0.860. The minimum absolute atomic E-state index is 0.0173. The molecule has 0 saturated heterocycles. The fourth-order valence-electron chi connectivity index (χ4n) is 1.33. The second kappa shape index (κ2) is 7.46. The van der Waals surface area contributed by atoms with Crippen molar-refractivity contribution in [3.8, 4) is 12.3 Å². The molecule has 4 nitrogen and oxygen atoms in total. The maximum atomic E-state index is 12.4. The van der Waals surface area contributed by atoms with E-state index in [4.69, 9.17) is 6.42 Å². The molecule has 0 heterocycles. The van der Waals surface area contributed by atoms with E-state index in [1.54, 1.807) is 0 Å². The van der Waals surface area contributed by atoms with Crippen LogP contribution in [-0.4, -0.2) is 42.1 Å². The summed E-state index contributed by atoms with van der Waals surface area (Å²) in [5, 5.41) is 0. The van der Waals surface area contributed by atoms with Crippen LogP contribution in [-0.2, 0) is 14.3 Å². The van der Waals surface area contributed by atoms with Gasteiger partial charge in [-0.15, -0.1) is 13.0 Å². The molecular formula is C12H14F3NO3. The van der Waals surface area contributed by atoms with Crippen LogP contribution in [0.1, 0.15) is 13.3 Å². The van der Waals surface area contributed by atoms with E-state index >= 15 is 0 Å². The van der Waals surface area contributed by atoms with E-state index in [9.17, 15) is 22.8 Å². The zero-order chi connectivity index (χ0) is 15.1. The molecule has 0 radical (unpaired) electrons. The van der Waals surface area contributed by atoms with Gasteiger partial charge in [0.2, 0.25) is 0 Å². The Labute approximate surface area is 109 Å². The number of hydrogen-bond donors (Lipinski definition) is 0. The van der Waals surface area contributed by atoms with Crippen molar-refractivity contribution in [2.75, 3.05) is 13.2 Å². The van der Waals surface area contributed by atoms with E-state index in [0.29, 0.717) is 0 Å². The number of alkyl halides is 3. The molecule has 0 aliphatic heterocycles. The Morgan fingerprint density at radius 3 is 2.47 bits per heavy atom. The number of esters is 1. The normalized spacial score (nSPS) is 12.2. The van der Waals surface area contributed by atoms with E-state index in [1.165, 1.54) is 13.0 Å². The second-order valence-corrected chi connectivity index (χ2v) is 3.43. The molecule has 0 aromatic heterocycles. The first kappa shape index (κ1) is 17.0. The standard InChI is InChI=1S/C12H14F3NO3/c1-4-7-9(10(17)19-6-3)16(8-5-2)11(18)12(13,14)15/h2,4,9H,1,6-8H2,3H3. The summed E-state index contributed by atoms with van der Waals surface area (Å²) < 4.78 is 41.9. The summed E-state index contributed by atoms with van der Waals surface area (Å²) in [7, 11) is 0. The van der Waals surface area contributed by atoms with Gasteiger partial charge in [-0.25, -0.2) is 4.79 Å². The van der Waals surface area contributed by atoms with E-state index in [2.05, 4.69) is 11.3 Å². The van der Waals surface area contributed by atoms with Gasteiger partial charge in [0, 0.05) is 0 Å². The first-order valence-corrected chi connectivity index (χ1v) is 5.38. The van der Waals surface area contributed by atoms with Crippen molar-refractivity contribution in [1.29, 1.82) is 0 Å². The van der Waals surface area contributed by atoms with Crippen molar-refractivity contribution in [2.24, 2.45) is 0 Å². The molecule has 0 aliphatic rings. The van der Waals surface area contributed by atoms with Crippen molar-refractivity contribution in [3.05, 3.63) is 12.7 Å². The highest BCUT2D eigenvalue weighted by Crippen LogP contribution is 2.21. The van der Waals surface area contributed by atoms with Gasteiger partial charge in [-0.1, -0.05) is 12.0 Å². The Bertz CT molecular complexity index is 385. The quantitative estimate of drug-likeness (QED) is 0.420. The molecule has 106 valence electrons. The van der Waals surface area contributed by atoms with Crippen LogP contribution < -0.4 is 0 Å². The fraction of sp³-hybridized carbons (Fsp3) is 0.500. The Morgan fingerprint density at radius 2 is 2.11 bits per heavy atom. The Balaban J connectivity index is 5.29. The minimum atomic E-state index is -5.11. The largest absolute Gasteiger partial charge is 0.471 e. The molecule has 1 amide bonds. The maximum Gasteiger partial charge on any atom is 0.471 e. The summed E-state index contributed by atoms with van der Waals surface area (Å²) >= 11 is 0. The number of halogens is 3. The van der Waals surface area contributed by atoms with Gasteiger partial charge >= 0.3 is 18.1 Å². The van der Waals surface area contributed by atoms with Crippen molar-refractivity contribution in [1.82, 2.24) is 4.90 Å². The Kier molecular flexibility index (Phi) is 6.69. The van der Waals surface area contributed by atoms with Gasteiger partial charge in [-0.3, -0.25) is 4.79 Å². The summed E-state index contributed by atoms with van der Waals surface area (Å²) in [4.78, 5) is 23.1. The highest BCUT2D eigenvalue weighted by atomic mass is 19.4. The van der Waals surface area contributed by atoms with Crippen LogP contribution in [0.15, 0.2) is 12.7 Å². The molecule has 0 spiro atoms. The molecule has 1 unspecified atom stereocenters. The maximum absolute atomic E-state index is 12.4. The SMILES string of the molecule is C#CCN(C(=O)C(F)(F)F)C(CC=C)C(=O)OCC. The molecule has 0 aromatic carbocycles. The van der Waals surface area contributed by atoms with Crippen molar-refractivity contribution in [3.63, 3.8) is 0 Å². The second-order valence-electron chi connectivity index (χ2n) is 3.43. The highest BCUT2D eigenvalue weighted by molar-refractivity contribution is 5.88. The molecule has 19 heavy (non-hydrogen) atoms. The van der Waals surface area contributed by atoms with Gasteiger partial charge < -0.3 is 9.64 Å². The summed E-state index contributed by atoms with van der Waals surface area (Å²) in [5.41, 5.74) is 0. The molecular weight excluding hydrogens is 263 g/mol. The first-order valence-electron chi connectivity index (χ1n) is 5.38. The van der Waals surface area contributed by atoms with Gasteiger partial charge in [0.1, 0.15) is 6.04 Å². The number of carbonyl (C=O) groups excluding carboxylic acids is 2. The third-order valence-corrected chi connectivity index (χ3v) is 2.09. The molecule has 0 bridgehead atoms. The number of nitrogens with zero attached hydrogens (tertiary/aromatic N) is 1. The molecule has 0 rings (SSSR count). The number of hydrogen-bond acceptors (Lipinski definition) is 3. The van der Waals surface area contributed by atoms with E-state index in [-0.39, 0.29) is 17.9 Å². The molecule has 0 N–H and O–H groups in total. The zero-order valence-corrected chi connectivity index (χ0v) is 10.4. The highest BCUT2D eigenvalue weighted by Gasteiger charge is 2.46. The van der Waals surface area contributed by atoms with Crippen LogP contribution >= 0.6 is 0 Å². The Hall–Kier alpha value is -1.97. The first-order chi connectivity index (χ1) is 8.79. The van der Waals surface area contributed by atoms with Gasteiger partial charge in [0.15, 0.2) is 0 Å². The van der Waals surface area contributed by atoms with Crippen LogP contribution in [0.4, 0.5) is 13.2 Å². The van der Waals surface area contributed by atoms with Crippen LogP contribution in [0, 0.1) is 12.3 Å². The summed E-state index contributed by atoms with van der Waals surface area (Å²) in [5.74, 6) is -1.20. The molecule has 0 aromatic rings. The lowest BCUT2D eigenvalue weighted by Gasteiger charge is -2.28. The lowest BCUT2D eigenvalue weighted by Crippen LogP contribution is -2.50. The number of terminal acetylenes is 1. The summed E-state index contributed by atoms with van der Waals surface area (Å²) in [6, 6.07) is -1.43. The fourth-order valence-corrected chi connectivity index (χ4v) is 1.33. The third kappa shape index (κ3) is 5.04. The zero-order valence-electron chi connectivity index (χ0n) is 10.4. The van der Waals surface area contributed by atoms with Crippen LogP contribution in [0.25, 0.3) is 0 Å². The predicted molar refractivity (Wildman–Crippen MR) is 61.8 cm³/mol. The molecule has 0 fully saturated rings. The lowest BCUT2D eigenvalue weighted by molar-refractivity contribution is -0.189. The van der Waals surface area contributed by atoms with E-state index in [0.717, 1.165) is 0 Å². The van der Waals surface area contributed by atoms with Gasteiger partial charge in [0.05, 0.1) is 13.2 Å². The smallest absolute Gasteiger partial charge is 0.464 e. The van der Waals surface area contributed by atoms with Crippen molar-refractivity contribution >= 4 is 11.9 Å². The monoisotopic (exact) mass is 277 g/mol. The average molecular weight is 277 g/mol. The van der Waals surface area contributed by atoms with E-state index in [1.807, 2.05) is 5.92 Å². The number of rotatable bonds is 6. The topological polar surface area (TPSA) is 46.6 Å². The average Bonchev–Trinajstić information content (AvgIpc) is 2.32. The molecule has 7 heteroatoms. The molecule has 0 saturated carbocycles. The molecule has 1 atom stereocenters. The minimum Gasteiger partial charge on any atom is -0.464 e.